The minimum atomic E-state index is -0.416. The van der Waals surface area contributed by atoms with Gasteiger partial charge in [0, 0.05) is 56.2 Å². The zero-order valence-corrected chi connectivity index (χ0v) is 16.9. The third-order valence-corrected chi connectivity index (χ3v) is 5.15. The first-order valence-electron chi connectivity index (χ1n) is 9.77. The maximum Gasteiger partial charge on any atom is 0.225 e. The Morgan fingerprint density at radius 1 is 1.14 bits per heavy atom. The number of halogens is 1. The van der Waals surface area contributed by atoms with Crippen LogP contribution in [0.2, 0.25) is 0 Å². The van der Waals surface area contributed by atoms with E-state index in [1.807, 2.05) is 45.2 Å². The number of anilines is 1. The normalized spacial score (nSPS) is 16.6. The Morgan fingerprint density at radius 2 is 1.82 bits per heavy atom. The van der Waals surface area contributed by atoms with Crippen molar-refractivity contribution >= 4 is 11.6 Å². The second-order valence-electron chi connectivity index (χ2n) is 8.26. The van der Waals surface area contributed by atoms with Crippen LogP contribution in [-0.4, -0.2) is 48.5 Å². The van der Waals surface area contributed by atoms with E-state index in [-0.39, 0.29) is 17.8 Å². The maximum absolute atomic E-state index is 13.2. The molecule has 1 fully saturated rings. The van der Waals surface area contributed by atoms with Gasteiger partial charge in [0.2, 0.25) is 5.91 Å². The molecule has 1 aliphatic rings. The molecule has 1 aliphatic heterocycles. The predicted molar refractivity (Wildman–Crippen MR) is 110 cm³/mol. The highest BCUT2D eigenvalue weighted by Gasteiger charge is 2.28. The van der Waals surface area contributed by atoms with Gasteiger partial charge in [0.25, 0.3) is 0 Å². The molecule has 1 N–H and O–H groups in total. The fraction of sp³-hybridized carbons (Fsp3) is 0.455. The van der Waals surface area contributed by atoms with Gasteiger partial charge in [-0.2, -0.15) is 0 Å². The molecule has 3 rings (SSSR count). The molecule has 0 radical (unpaired) electrons. The molecule has 2 heterocycles. The summed E-state index contributed by atoms with van der Waals surface area (Å²) in [5.74, 6) is -0.167. The minimum absolute atomic E-state index is 0.0475. The van der Waals surface area contributed by atoms with Crippen molar-refractivity contribution < 1.29 is 9.18 Å². The molecule has 0 saturated carbocycles. The molecule has 0 spiro atoms. The Morgan fingerprint density at radius 3 is 2.39 bits per heavy atom. The number of rotatable bonds is 5. The lowest BCUT2D eigenvalue weighted by Gasteiger charge is -2.40. The first-order valence-corrected chi connectivity index (χ1v) is 9.77. The summed E-state index contributed by atoms with van der Waals surface area (Å²) in [7, 11) is 0. The molecule has 0 aliphatic carbocycles. The van der Waals surface area contributed by atoms with Gasteiger partial charge in [-0.15, -0.1) is 0 Å². The Hall–Kier alpha value is -2.47. The van der Waals surface area contributed by atoms with Crippen LogP contribution in [0.15, 0.2) is 48.8 Å². The topological polar surface area (TPSA) is 48.5 Å². The fourth-order valence-corrected chi connectivity index (χ4v) is 3.43. The van der Waals surface area contributed by atoms with Crippen LogP contribution in [-0.2, 0) is 4.79 Å². The quantitative estimate of drug-likeness (QED) is 0.860. The molecule has 1 unspecified atom stereocenters. The van der Waals surface area contributed by atoms with Crippen molar-refractivity contribution in [3.8, 4) is 0 Å². The Bertz CT molecular complexity index is 765. The average molecular weight is 384 g/mol. The molecule has 1 aromatic heterocycles. The number of hydrogen-bond donors (Lipinski definition) is 1. The summed E-state index contributed by atoms with van der Waals surface area (Å²) in [5, 5.41) is 3.10. The Kier molecular flexibility index (Phi) is 6.29. The summed E-state index contributed by atoms with van der Waals surface area (Å²) < 4.78 is 13.2. The van der Waals surface area contributed by atoms with Crippen LogP contribution < -0.4 is 10.2 Å². The number of carbonyl (C=O) groups is 1. The van der Waals surface area contributed by atoms with Gasteiger partial charge in [0.15, 0.2) is 0 Å². The molecule has 28 heavy (non-hydrogen) atoms. The van der Waals surface area contributed by atoms with Crippen molar-refractivity contribution in [2.75, 3.05) is 37.6 Å². The predicted octanol–water partition coefficient (Wildman–Crippen LogP) is 3.25. The van der Waals surface area contributed by atoms with Crippen molar-refractivity contribution in [1.29, 1.82) is 0 Å². The van der Waals surface area contributed by atoms with Crippen LogP contribution in [0.3, 0.4) is 0 Å². The number of carbonyl (C=O) groups excluding carboxylic acids is 1. The second kappa shape index (κ2) is 8.69. The highest BCUT2D eigenvalue weighted by Crippen LogP contribution is 2.24. The smallest absolute Gasteiger partial charge is 0.225 e. The van der Waals surface area contributed by atoms with Crippen molar-refractivity contribution in [2.45, 2.75) is 26.8 Å². The largest absolute Gasteiger partial charge is 0.369 e. The Labute approximate surface area is 166 Å². The van der Waals surface area contributed by atoms with E-state index in [2.05, 4.69) is 26.2 Å². The van der Waals surface area contributed by atoms with Gasteiger partial charge in [-0.05, 0) is 35.9 Å². The van der Waals surface area contributed by atoms with Crippen LogP contribution in [0.25, 0.3) is 0 Å². The summed E-state index contributed by atoms with van der Waals surface area (Å²) in [6.07, 6.45) is 3.64. The molecular weight excluding hydrogens is 355 g/mol. The van der Waals surface area contributed by atoms with Gasteiger partial charge in [-0.25, -0.2) is 4.39 Å². The third kappa shape index (κ3) is 5.07. The maximum atomic E-state index is 13.2. The number of nitrogens with zero attached hydrogens (tertiary/aromatic N) is 3. The van der Waals surface area contributed by atoms with Crippen molar-refractivity contribution in [3.05, 3.63) is 60.2 Å². The number of piperazine rings is 1. The third-order valence-electron chi connectivity index (χ3n) is 5.15. The molecule has 1 amide bonds. The molecule has 150 valence electrons. The number of benzene rings is 1. The second-order valence-corrected chi connectivity index (χ2v) is 8.26. The minimum Gasteiger partial charge on any atom is -0.369 e. The van der Waals surface area contributed by atoms with E-state index < -0.39 is 5.41 Å². The van der Waals surface area contributed by atoms with E-state index in [1.165, 1.54) is 12.1 Å². The summed E-state index contributed by atoms with van der Waals surface area (Å²) in [6, 6.07) is 10.7. The lowest BCUT2D eigenvalue weighted by Crippen LogP contribution is -2.50. The van der Waals surface area contributed by atoms with Crippen LogP contribution in [0.5, 0.6) is 0 Å². The summed E-state index contributed by atoms with van der Waals surface area (Å²) in [6.45, 7) is 9.75. The molecule has 0 bridgehead atoms. The van der Waals surface area contributed by atoms with Crippen molar-refractivity contribution in [2.24, 2.45) is 5.41 Å². The highest BCUT2D eigenvalue weighted by molar-refractivity contribution is 5.81. The monoisotopic (exact) mass is 384 g/mol. The summed E-state index contributed by atoms with van der Waals surface area (Å²) in [5.41, 5.74) is 1.73. The number of nitrogens with one attached hydrogen (secondary N) is 1. The van der Waals surface area contributed by atoms with Gasteiger partial charge < -0.3 is 10.2 Å². The van der Waals surface area contributed by atoms with Crippen LogP contribution >= 0.6 is 0 Å². The van der Waals surface area contributed by atoms with Gasteiger partial charge in [0.05, 0.1) is 6.04 Å². The van der Waals surface area contributed by atoms with Crippen LogP contribution in [0.4, 0.5) is 10.1 Å². The van der Waals surface area contributed by atoms with Crippen molar-refractivity contribution in [1.82, 2.24) is 15.2 Å². The van der Waals surface area contributed by atoms with E-state index >= 15 is 0 Å². The first-order chi connectivity index (χ1) is 13.3. The fourth-order valence-electron chi connectivity index (χ4n) is 3.43. The van der Waals surface area contributed by atoms with E-state index in [4.69, 9.17) is 0 Å². The lowest BCUT2D eigenvalue weighted by atomic mass is 9.95. The summed E-state index contributed by atoms with van der Waals surface area (Å²) >= 11 is 0. The van der Waals surface area contributed by atoms with Crippen molar-refractivity contribution in [3.63, 3.8) is 0 Å². The van der Waals surface area contributed by atoms with E-state index in [0.717, 1.165) is 37.4 Å². The summed E-state index contributed by atoms with van der Waals surface area (Å²) in [4.78, 5) is 21.3. The molecular formula is C22H29FN4O. The molecule has 5 nitrogen and oxygen atoms in total. The van der Waals surface area contributed by atoms with Gasteiger partial charge in [-0.3, -0.25) is 14.7 Å². The van der Waals surface area contributed by atoms with Gasteiger partial charge in [-0.1, -0.05) is 26.8 Å². The lowest BCUT2D eigenvalue weighted by molar-refractivity contribution is -0.128. The zero-order valence-electron chi connectivity index (χ0n) is 16.9. The number of hydrogen-bond acceptors (Lipinski definition) is 4. The van der Waals surface area contributed by atoms with E-state index in [0.29, 0.717) is 6.54 Å². The molecule has 2 aromatic rings. The van der Waals surface area contributed by atoms with Crippen LogP contribution in [0, 0.1) is 11.2 Å². The zero-order chi connectivity index (χ0) is 20.1. The van der Waals surface area contributed by atoms with E-state index in [1.54, 1.807) is 6.20 Å². The van der Waals surface area contributed by atoms with Gasteiger partial charge in [0.1, 0.15) is 5.82 Å². The Balaban J connectivity index is 1.67. The number of pyridine rings is 1. The molecule has 1 saturated heterocycles. The highest BCUT2D eigenvalue weighted by atomic mass is 19.1. The van der Waals surface area contributed by atoms with Crippen LogP contribution in [0.1, 0.15) is 32.4 Å². The molecule has 1 aromatic carbocycles. The molecule has 1 atom stereocenters. The number of amides is 1. The number of aromatic nitrogens is 1. The van der Waals surface area contributed by atoms with E-state index in [9.17, 15) is 9.18 Å². The first kappa shape index (κ1) is 20.3. The SMILES string of the molecule is CC(C)(C)C(=O)NCC(c1cccnc1)N1CCN(c2ccc(F)cc2)CC1. The van der Waals surface area contributed by atoms with Gasteiger partial charge >= 0.3 is 0 Å². The molecule has 6 heteroatoms. The standard InChI is InChI=1S/C22H29FN4O/c1-22(2,3)21(28)25-16-20(17-5-4-10-24-15-17)27-13-11-26(12-14-27)19-8-6-18(23)7-9-19/h4-10,15,20H,11-14,16H2,1-3H3,(H,25,28). The average Bonchev–Trinajstić information content (AvgIpc) is 2.69.